The van der Waals surface area contributed by atoms with E-state index in [1.807, 2.05) is 37.3 Å². The molecule has 0 aliphatic carbocycles. The summed E-state index contributed by atoms with van der Waals surface area (Å²) < 4.78 is 0. The van der Waals surface area contributed by atoms with Crippen LogP contribution >= 0.6 is 0 Å². The highest BCUT2D eigenvalue weighted by Crippen LogP contribution is 2.14. The summed E-state index contributed by atoms with van der Waals surface area (Å²) in [6, 6.07) is 9.65. The smallest absolute Gasteiger partial charge is 0.242 e. The Hall–Kier alpha value is -1.84. The third-order valence-electron chi connectivity index (χ3n) is 3.35. The summed E-state index contributed by atoms with van der Waals surface area (Å²) in [5, 5.41) is 2.60. The maximum Gasteiger partial charge on any atom is 0.242 e. The van der Waals surface area contributed by atoms with E-state index in [1.54, 1.807) is 11.8 Å². The number of hydrogen-bond acceptors (Lipinski definition) is 2. The maximum absolute atomic E-state index is 11.9. The van der Waals surface area contributed by atoms with Gasteiger partial charge in [0.15, 0.2) is 0 Å². The number of nitrogens with zero attached hydrogens (tertiary/aromatic N) is 1. The molecule has 0 radical (unpaired) electrons. The lowest BCUT2D eigenvalue weighted by Crippen LogP contribution is -2.60. The molecule has 1 N–H and O–H groups in total. The quantitative estimate of drug-likeness (QED) is 0.863. The van der Waals surface area contributed by atoms with Crippen molar-refractivity contribution in [1.82, 2.24) is 10.2 Å². The van der Waals surface area contributed by atoms with Crippen molar-refractivity contribution in [2.45, 2.75) is 32.4 Å². The van der Waals surface area contributed by atoms with E-state index < -0.39 is 0 Å². The Morgan fingerprint density at radius 1 is 1.33 bits per heavy atom. The van der Waals surface area contributed by atoms with Gasteiger partial charge in [0.1, 0.15) is 6.04 Å². The van der Waals surface area contributed by atoms with Gasteiger partial charge in [0.25, 0.3) is 0 Å². The molecule has 4 nitrogen and oxygen atoms in total. The highest BCUT2D eigenvalue weighted by molar-refractivity contribution is 5.94. The Morgan fingerprint density at radius 2 is 2.00 bits per heavy atom. The average Bonchev–Trinajstić information content (AvgIpc) is 2.36. The molecule has 1 aliphatic rings. The van der Waals surface area contributed by atoms with Gasteiger partial charge in [-0.1, -0.05) is 30.3 Å². The molecule has 2 unspecified atom stereocenters. The minimum absolute atomic E-state index is 0.00877. The van der Waals surface area contributed by atoms with Gasteiger partial charge in [-0.15, -0.1) is 0 Å². The second-order valence-corrected chi connectivity index (χ2v) is 4.73. The molecular weight excluding hydrogens is 228 g/mol. The van der Waals surface area contributed by atoms with Crippen molar-refractivity contribution < 1.29 is 9.59 Å². The van der Waals surface area contributed by atoms with Crippen LogP contribution in [0.3, 0.4) is 0 Å². The molecule has 96 valence electrons. The van der Waals surface area contributed by atoms with Crippen molar-refractivity contribution in [2.75, 3.05) is 6.54 Å². The monoisotopic (exact) mass is 246 g/mol. The van der Waals surface area contributed by atoms with Gasteiger partial charge in [-0.2, -0.15) is 0 Å². The molecule has 0 spiro atoms. The lowest BCUT2D eigenvalue weighted by atomic mass is 10.0. The number of carbonyl (C=O) groups excluding carboxylic acids is 2. The minimum atomic E-state index is -0.384. The van der Waals surface area contributed by atoms with E-state index in [-0.39, 0.29) is 30.4 Å². The van der Waals surface area contributed by atoms with Gasteiger partial charge in [-0.3, -0.25) is 9.59 Å². The lowest BCUT2D eigenvalue weighted by Gasteiger charge is -2.37. The van der Waals surface area contributed by atoms with Crippen molar-refractivity contribution in [3.05, 3.63) is 35.9 Å². The molecule has 1 aliphatic heterocycles. The first-order chi connectivity index (χ1) is 8.59. The summed E-state index contributed by atoms with van der Waals surface area (Å²) in [4.78, 5) is 25.2. The van der Waals surface area contributed by atoms with Gasteiger partial charge in [0.2, 0.25) is 11.8 Å². The first-order valence-electron chi connectivity index (χ1n) is 6.22. The lowest BCUT2D eigenvalue weighted by molar-refractivity contribution is -0.147. The summed E-state index contributed by atoms with van der Waals surface area (Å²) in [6.07, 6.45) is 0.768. The Balaban J connectivity index is 2.09. The van der Waals surface area contributed by atoms with Gasteiger partial charge in [0, 0.05) is 6.04 Å². The van der Waals surface area contributed by atoms with Crippen LogP contribution in [0.5, 0.6) is 0 Å². The molecule has 2 atom stereocenters. The summed E-state index contributed by atoms with van der Waals surface area (Å²) in [5.41, 5.74) is 1.18. The van der Waals surface area contributed by atoms with E-state index in [1.165, 1.54) is 5.56 Å². The van der Waals surface area contributed by atoms with E-state index in [9.17, 15) is 9.59 Å². The van der Waals surface area contributed by atoms with Crippen molar-refractivity contribution in [2.24, 2.45) is 0 Å². The Bertz CT molecular complexity index is 444. The van der Waals surface area contributed by atoms with Crippen LogP contribution in [0, 0.1) is 0 Å². The number of nitrogens with one attached hydrogen (secondary N) is 1. The molecule has 18 heavy (non-hydrogen) atoms. The van der Waals surface area contributed by atoms with Gasteiger partial charge < -0.3 is 10.2 Å². The zero-order valence-electron chi connectivity index (χ0n) is 10.7. The Labute approximate surface area is 107 Å². The van der Waals surface area contributed by atoms with Crippen LogP contribution in [-0.2, 0) is 16.0 Å². The van der Waals surface area contributed by atoms with Crippen LogP contribution < -0.4 is 5.32 Å². The maximum atomic E-state index is 11.9. The zero-order chi connectivity index (χ0) is 13.1. The first-order valence-corrected chi connectivity index (χ1v) is 6.22. The van der Waals surface area contributed by atoms with Gasteiger partial charge in [-0.25, -0.2) is 0 Å². The van der Waals surface area contributed by atoms with Crippen LogP contribution in [0.15, 0.2) is 30.3 Å². The van der Waals surface area contributed by atoms with Crippen LogP contribution in [-0.4, -0.2) is 35.3 Å². The van der Waals surface area contributed by atoms with E-state index >= 15 is 0 Å². The van der Waals surface area contributed by atoms with Gasteiger partial charge in [-0.05, 0) is 25.8 Å². The summed E-state index contributed by atoms with van der Waals surface area (Å²) in [5.74, 6) is -0.0833. The topological polar surface area (TPSA) is 49.4 Å². The molecule has 1 aromatic rings. The molecule has 2 amide bonds. The molecule has 4 heteroatoms. The van der Waals surface area contributed by atoms with Crippen LogP contribution in [0.1, 0.15) is 19.4 Å². The largest absolute Gasteiger partial charge is 0.345 e. The van der Waals surface area contributed by atoms with Gasteiger partial charge in [0.05, 0.1) is 6.54 Å². The molecule has 1 heterocycles. The van der Waals surface area contributed by atoms with E-state index in [0.29, 0.717) is 0 Å². The van der Waals surface area contributed by atoms with Crippen LogP contribution in [0.4, 0.5) is 0 Å². The highest BCUT2D eigenvalue weighted by Gasteiger charge is 2.33. The number of carbonyl (C=O) groups is 2. The highest BCUT2D eigenvalue weighted by atomic mass is 16.2. The fourth-order valence-electron chi connectivity index (χ4n) is 2.43. The molecule has 1 aromatic carbocycles. The fourth-order valence-corrected chi connectivity index (χ4v) is 2.43. The van der Waals surface area contributed by atoms with Crippen LogP contribution in [0.2, 0.25) is 0 Å². The van der Waals surface area contributed by atoms with Crippen LogP contribution in [0.25, 0.3) is 0 Å². The van der Waals surface area contributed by atoms with E-state index in [2.05, 4.69) is 5.32 Å². The Morgan fingerprint density at radius 3 is 2.67 bits per heavy atom. The molecule has 1 saturated heterocycles. The van der Waals surface area contributed by atoms with Gasteiger partial charge >= 0.3 is 0 Å². The Kier molecular flexibility index (Phi) is 3.65. The average molecular weight is 246 g/mol. The number of amides is 2. The second-order valence-electron chi connectivity index (χ2n) is 4.73. The van der Waals surface area contributed by atoms with Crippen molar-refractivity contribution in [3.63, 3.8) is 0 Å². The van der Waals surface area contributed by atoms with Crippen molar-refractivity contribution in [1.29, 1.82) is 0 Å². The standard InChI is InChI=1S/C14H18N2O2/c1-10(8-12-6-4-3-5-7-12)16-11(2)14(18)15-9-13(16)17/h3-7,10-11H,8-9H2,1-2H3,(H,15,18). The predicted octanol–water partition coefficient (Wildman–Crippen LogP) is 0.964. The summed E-state index contributed by atoms with van der Waals surface area (Å²) in [7, 11) is 0. The molecular formula is C14H18N2O2. The number of benzene rings is 1. The molecule has 0 saturated carbocycles. The van der Waals surface area contributed by atoms with Crippen molar-refractivity contribution in [3.8, 4) is 0 Å². The number of rotatable bonds is 3. The summed E-state index contributed by atoms with van der Waals surface area (Å²) >= 11 is 0. The third kappa shape index (κ3) is 2.53. The predicted molar refractivity (Wildman–Crippen MR) is 68.9 cm³/mol. The number of piperazine rings is 1. The fraction of sp³-hybridized carbons (Fsp3) is 0.429. The summed E-state index contributed by atoms with van der Waals surface area (Å²) in [6.45, 7) is 3.87. The first kappa shape index (κ1) is 12.6. The van der Waals surface area contributed by atoms with Crippen molar-refractivity contribution >= 4 is 11.8 Å². The second kappa shape index (κ2) is 5.21. The number of hydrogen-bond donors (Lipinski definition) is 1. The minimum Gasteiger partial charge on any atom is -0.345 e. The molecule has 1 fully saturated rings. The molecule has 0 bridgehead atoms. The molecule has 2 rings (SSSR count). The van der Waals surface area contributed by atoms with E-state index in [0.717, 1.165) is 6.42 Å². The molecule has 0 aromatic heterocycles. The third-order valence-corrected chi connectivity index (χ3v) is 3.35. The normalized spacial score (nSPS) is 21.7. The van der Waals surface area contributed by atoms with E-state index in [4.69, 9.17) is 0 Å². The SMILES string of the molecule is CC(Cc1ccccc1)N1C(=O)CNC(=O)C1C. The zero-order valence-corrected chi connectivity index (χ0v) is 10.7.